The maximum absolute atomic E-state index is 12.6. The van der Waals surface area contributed by atoms with Crippen molar-refractivity contribution in [2.45, 2.75) is 26.9 Å². The topological polar surface area (TPSA) is 91.7 Å². The molecule has 0 aliphatic heterocycles. The number of benzene rings is 2. The third kappa shape index (κ3) is 5.22. The van der Waals surface area contributed by atoms with Gasteiger partial charge in [-0.15, -0.1) is 5.10 Å². The number of hydrogen-bond donors (Lipinski definition) is 1. The lowest BCUT2D eigenvalue weighted by molar-refractivity contribution is -0.122. The quantitative estimate of drug-likeness (QED) is 0.627. The largest absolute Gasteiger partial charge is 0.497 e. The van der Waals surface area contributed by atoms with Gasteiger partial charge in [0.25, 0.3) is 11.5 Å². The van der Waals surface area contributed by atoms with Crippen molar-refractivity contribution in [1.82, 2.24) is 9.78 Å². The lowest BCUT2D eigenvalue weighted by Crippen LogP contribution is -2.31. The van der Waals surface area contributed by atoms with E-state index < -0.39 is 6.10 Å². The molecule has 31 heavy (non-hydrogen) atoms. The number of aromatic nitrogens is 2. The number of rotatable bonds is 7. The second-order valence-electron chi connectivity index (χ2n) is 7.04. The fourth-order valence-corrected chi connectivity index (χ4v) is 2.86. The van der Waals surface area contributed by atoms with Crippen molar-refractivity contribution in [3.05, 3.63) is 70.0 Å². The van der Waals surface area contributed by atoms with Crippen molar-refractivity contribution in [2.75, 3.05) is 19.5 Å². The second-order valence-corrected chi connectivity index (χ2v) is 7.04. The van der Waals surface area contributed by atoms with Crippen LogP contribution in [0.2, 0.25) is 0 Å². The van der Waals surface area contributed by atoms with Gasteiger partial charge in [0.15, 0.2) is 6.10 Å². The Kier molecular flexibility index (Phi) is 6.59. The summed E-state index contributed by atoms with van der Waals surface area (Å²) in [5.41, 5.74) is 2.99. The average molecular weight is 423 g/mol. The number of carbonyl (C=O) groups is 1. The van der Waals surface area contributed by atoms with Crippen LogP contribution < -0.4 is 25.1 Å². The maximum atomic E-state index is 12.6. The highest BCUT2D eigenvalue weighted by atomic mass is 16.5. The molecule has 0 unspecified atom stereocenters. The van der Waals surface area contributed by atoms with E-state index in [1.807, 2.05) is 32.0 Å². The number of nitrogens with zero attached hydrogens (tertiary/aromatic N) is 2. The number of hydrogen-bond acceptors (Lipinski definition) is 6. The summed E-state index contributed by atoms with van der Waals surface area (Å²) >= 11 is 0. The molecule has 3 rings (SSSR count). The monoisotopic (exact) mass is 423 g/mol. The lowest BCUT2D eigenvalue weighted by atomic mass is 10.1. The molecule has 1 amide bonds. The minimum atomic E-state index is -0.865. The van der Waals surface area contributed by atoms with Crippen molar-refractivity contribution in [3.63, 3.8) is 0 Å². The first-order chi connectivity index (χ1) is 14.8. The van der Waals surface area contributed by atoms with E-state index in [1.54, 1.807) is 25.1 Å². The Hall–Kier alpha value is -3.81. The van der Waals surface area contributed by atoms with E-state index in [0.717, 1.165) is 11.1 Å². The van der Waals surface area contributed by atoms with Crippen molar-refractivity contribution in [1.29, 1.82) is 0 Å². The van der Waals surface area contributed by atoms with Gasteiger partial charge < -0.3 is 19.5 Å². The summed E-state index contributed by atoms with van der Waals surface area (Å²) in [6.07, 6.45) is -0.865. The molecule has 0 saturated carbocycles. The van der Waals surface area contributed by atoms with Crippen LogP contribution in [0.4, 0.5) is 5.69 Å². The van der Waals surface area contributed by atoms with E-state index in [0.29, 0.717) is 22.9 Å². The molecular formula is C23H25N3O5. The van der Waals surface area contributed by atoms with Gasteiger partial charge in [-0.25, -0.2) is 0 Å². The molecule has 162 valence electrons. The van der Waals surface area contributed by atoms with Gasteiger partial charge in [-0.2, -0.15) is 4.68 Å². The third-order valence-electron chi connectivity index (χ3n) is 4.80. The Morgan fingerprint density at radius 2 is 1.65 bits per heavy atom. The predicted octanol–water partition coefficient (Wildman–Crippen LogP) is 3.27. The molecule has 0 saturated heterocycles. The smallest absolute Gasteiger partial charge is 0.271 e. The molecule has 3 aromatic rings. The minimum absolute atomic E-state index is 0.156. The van der Waals surface area contributed by atoms with Gasteiger partial charge in [-0.3, -0.25) is 9.59 Å². The van der Waals surface area contributed by atoms with E-state index in [2.05, 4.69) is 10.4 Å². The number of amides is 1. The number of methoxy groups -OCH3 is 2. The standard InChI is InChI=1S/C23H25N3O5/c1-14-6-7-18(10-15(14)2)26-22(27)9-8-21(25-26)31-16(3)23(28)24-17-11-19(29-4)13-20(12-17)30-5/h6-13,16H,1-5H3,(H,24,28)/t16-/m1/s1. The molecular weight excluding hydrogens is 398 g/mol. The Bertz CT molecular complexity index is 1130. The van der Waals surface area contributed by atoms with Crippen molar-refractivity contribution < 1.29 is 19.0 Å². The molecule has 0 fully saturated rings. The van der Waals surface area contributed by atoms with Crippen LogP contribution in [0, 0.1) is 13.8 Å². The molecule has 0 aliphatic carbocycles. The number of aryl methyl sites for hydroxylation is 2. The van der Waals surface area contributed by atoms with Crippen LogP contribution in [0.1, 0.15) is 18.1 Å². The number of carbonyl (C=O) groups excluding carboxylic acids is 1. The summed E-state index contributed by atoms with van der Waals surface area (Å²) in [6, 6.07) is 13.5. The number of nitrogens with one attached hydrogen (secondary N) is 1. The molecule has 0 radical (unpaired) electrons. The number of ether oxygens (including phenoxy) is 3. The summed E-state index contributed by atoms with van der Waals surface area (Å²) < 4.78 is 17.4. The summed E-state index contributed by atoms with van der Waals surface area (Å²) in [5.74, 6) is 0.862. The van der Waals surface area contributed by atoms with Crippen LogP contribution in [0.5, 0.6) is 17.4 Å². The highest BCUT2D eigenvalue weighted by Gasteiger charge is 2.17. The van der Waals surface area contributed by atoms with E-state index in [9.17, 15) is 9.59 Å². The Morgan fingerprint density at radius 1 is 0.968 bits per heavy atom. The zero-order chi connectivity index (χ0) is 22.5. The lowest BCUT2D eigenvalue weighted by Gasteiger charge is -2.16. The van der Waals surface area contributed by atoms with Crippen LogP contribution in [0.15, 0.2) is 53.3 Å². The fraction of sp³-hybridized carbons (Fsp3) is 0.261. The Morgan fingerprint density at radius 3 is 2.26 bits per heavy atom. The van der Waals surface area contributed by atoms with Crippen LogP contribution in [-0.4, -0.2) is 36.0 Å². The third-order valence-corrected chi connectivity index (χ3v) is 4.80. The molecule has 1 atom stereocenters. The molecule has 0 aliphatic rings. The van der Waals surface area contributed by atoms with Gasteiger partial charge in [-0.05, 0) is 44.0 Å². The van der Waals surface area contributed by atoms with Crippen LogP contribution in [-0.2, 0) is 4.79 Å². The molecule has 2 aromatic carbocycles. The summed E-state index contributed by atoms with van der Waals surface area (Å²) in [7, 11) is 3.06. The van der Waals surface area contributed by atoms with Gasteiger partial charge in [0.05, 0.1) is 19.9 Å². The Balaban J connectivity index is 1.77. The first-order valence-electron chi connectivity index (χ1n) is 9.69. The molecule has 8 nitrogen and oxygen atoms in total. The predicted molar refractivity (Wildman–Crippen MR) is 118 cm³/mol. The van der Waals surface area contributed by atoms with Gasteiger partial charge in [0.2, 0.25) is 5.88 Å². The highest BCUT2D eigenvalue weighted by molar-refractivity contribution is 5.94. The molecule has 1 N–H and O–H groups in total. The Labute approximate surface area is 180 Å². The molecule has 0 bridgehead atoms. The molecule has 1 heterocycles. The first kappa shape index (κ1) is 21.9. The molecule has 1 aromatic heterocycles. The van der Waals surface area contributed by atoms with Crippen molar-refractivity contribution in [3.8, 4) is 23.1 Å². The van der Waals surface area contributed by atoms with Gasteiger partial charge in [0, 0.05) is 36.0 Å². The second kappa shape index (κ2) is 9.34. The van der Waals surface area contributed by atoms with Gasteiger partial charge >= 0.3 is 0 Å². The zero-order valence-electron chi connectivity index (χ0n) is 18.1. The van der Waals surface area contributed by atoms with Crippen molar-refractivity contribution >= 4 is 11.6 Å². The molecule has 8 heteroatoms. The van der Waals surface area contributed by atoms with E-state index in [-0.39, 0.29) is 17.3 Å². The van der Waals surface area contributed by atoms with Crippen LogP contribution in [0.3, 0.4) is 0 Å². The van der Waals surface area contributed by atoms with E-state index >= 15 is 0 Å². The summed E-state index contributed by atoms with van der Waals surface area (Å²) in [6.45, 7) is 5.55. The van der Waals surface area contributed by atoms with E-state index in [4.69, 9.17) is 14.2 Å². The summed E-state index contributed by atoms with van der Waals surface area (Å²) in [4.78, 5) is 24.9. The minimum Gasteiger partial charge on any atom is -0.497 e. The van der Waals surface area contributed by atoms with Crippen LogP contribution in [0.25, 0.3) is 5.69 Å². The SMILES string of the molecule is COc1cc(NC(=O)[C@@H](C)Oc2ccc(=O)n(-c3ccc(C)c(C)c3)n2)cc(OC)c1. The maximum Gasteiger partial charge on any atom is 0.271 e. The van der Waals surface area contributed by atoms with Gasteiger partial charge in [-0.1, -0.05) is 6.07 Å². The van der Waals surface area contributed by atoms with Gasteiger partial charge in [0.1, 0.15) is 11.5 Å². The van der Waals surface area contributed by atoms with E-state index in [1.165, 1.54) is 31.0 Å². The highest BCUT2D eigenvalue weighted by Crippen LogP contribution is 2.26. The normalized spacial score (nSPS) is 11.5. The summed E-state index contributed by atoms with van der Waals surface area (Å²) in [5, 5.41) is 7.02. The average Bonchev–Trinajstić information content (AvgIpc) is 2.76. The molecule has 0 spiro atoms. The zero-order valence-corrected chi connectivity index (χ0v) is 18.1. The number of anilines is 1. The first-order valence-corrected chi connectivity index (χ1v) is 9.69. The van der Waals surface area contributed by atoms with Crippen LogP contribution >= 0.6 is 0 Å². The van der Waals surface area contributed by atoms with Crippen molar-refractivity contribution in [2.24, 2.45) is 0 Å². The fourth-order valence-electron chi connectivity index (χ4n) is 2.86.